The SMILES string of the molecule is Cc1cc(C(C)(C)C)ccc1N(c1ccccc1)c1ccc2ccc3c(N(c4ccccc4)c4ccc5c(c4)-c4ccccc4C54C5CC6CC(C5)CC4C6)ccc4ccc1c2c43. The van der Waals surface area contributed by atoms with Gasteiger partial charge in [0, 0.05) is 38.9 Å². The quantitative estimate of drug-likeness (QED) is 0.154. The molecule has 2 heteroatoms. The van der Waals surface area contributed by atoms with Crippen molar-refractivity contribution in [3.8, 4) is 11.1 Å². The molecule has 4 bridgehead atoms. The van der Waals surface area contributed by atoms with Crippen LogP contribution in [0.15, 0.2) is 170 Å². The van der Waals surface area contributed by atoms with E-state index in [1.54, 1.807) is 11.1 Å². The third-order valence-corrected chi connectivity index (χ3v) is 16.2. The minimum atomic E-state index is 0.0698. The Balaban J connectivity index is 1.01. The molecule has 9 aromatic rings. The summed E-state index contributed by atoms with van der Waals surface area (Å²) in [5.41, 5.74) is 16.1. The Morgan fingerprint density at radius 3 is 1.57 bits per heavy atom. The summed E-state index contributed by atoms with van der Waals surface area (Å²) in [4.78, 5) is 5.01. The van der Waals surface area contributed by atoms with Gasteiger partial charge in [-0.3, -0.25) is 0 Å². The fraction of sp³-hybridized carbons (Fsp3) is 0.246. The first-order valence-corrected chi connectivity index (χ1v) is 23.5. The van der Waals surface area contributed by atoms with E-state index < -0.39 is 0 Å². The van der Waals surface area contributed by atoms with Crippen molar-refractivity contribution in [2.75, 3.05) is 9.80 Å². The van der Waals surface area contributed by atoms with Crippen molar-refractivity contribution in [1.82, 2.24) is 0 Å². The fourth-order valence-electron chi connectivity index (χ4n) is 13.8. The largest absolute Gasteiger partial charge is 0.310 e. The van der Waals surface area contributed by atoms with Crippen LogP contribution in [-0.4, -0.2) is 0 Å². The molecule has 4 saturated carbocycles. The molecule has 0 amide bonds. The van der Waals surface area contributed by atoms with Gasteiger partial charge in [0.1, 0.15) is 0 Å². The van der Waals surface area contributed by atoms with E-state index in [4.69, 9.17) is 0 Å². The Kier molecular flexibility index (Phi) is 8.01. The maximum Gasteiger partial charge on any atom is 0.0540 e. The van der Waals surface area contributed by atoms with Gasteiger partial charge in [-0.25, -0.2) is 0 Å². The zero-order valence-corrected chi connectivity index (χ0v) is 36.9. The molecule has 5 aliphatic rings. The first kappa shape index (κ1) is 37.2. The van der Waals surface area contributed by atoms with Crippen molar-refractivity contribution in [1.29, 1.82) is 0 Å². The van der Waals surface area contributed by atoms with Gasteiger partial charge >= 0.3 is 0 Å². The topological polar surface area (TPSA) is 6.48 Å². The Morgan fingerprint density at radius 2 is 0.968 bits per heavy atom. The summed E-state index contributed by atoms with van der Waals surface area (Å²) < 4.78 is 0. The first-order valence-electron chi connectivity index (χ1n) is 23.5. The highest BCUT2D eigenvalue weighted by atomic mass is 15.2. The van der Waals surface area contributed by atoms with Crippen molar-refractivity contribution in [3.63, 3.8) is 0 Å². The van der Waals surface area contributed by atoms with E-state index in [0.29, 0.717) is 0 Å². The van der Waals surface area contributed by atoms with Crippen LogP contribution in [0.1, 0.15) is 75.1 Å². The van der Waals surface area contributed by atoms with E-state index in [0.717, 1.165) is 29.4 Å². The van der Waals surface area contributed by atoms with Gasteiger partial charge in [0.25, 0.3) is 0 Å². The maximum atomic E-state index is 2.57. The van der Waals surface area contributed by atoms with E-state index in [2.05, 4.69) is 207 Å². The number of hydrogen-bond donors (Lipinski definition) is 0. The number of fused-ring (bicyclic) bond motifs is 3. The highest BCUT2D eigenvalue weighted by molar-refractivity contribution is 6.28. The van der Waals surface area contributed by atoms with Crippen LogP contribution in [0.3, 0.4) is 0 Å². The van der Waals surface area contributed by atoms with Crippen LogP contribution >= 0.6 is 0 Å². The van der Waals surface area contributed by atoms with E-state index in [1.807, 2.05) is 0 Å². The summed E-state index contributed by atoms with van der Waals surface area (Å²) in [5, 5.41) is 7.68. The number of aryl methyl sites for hydroxylation is 1. The van der Waals surface area contributed by atoms with E-state index >= 15 is 0 Å². The van der Waals surface area contributed by atoms with Crippen LogP contribution in [-0.2, 0) is 10.8 Å². The van der Waals surface area contributed by atoms with Gasteiger partial charge in [-0.15, -0.1) is 0 Å². The summed E-state index contributed by atoms with van der Waals surface area (Å²) in [7, 11) is 0. The minimum absolute atomic E-state index is 0.0698. The lowest BCUT2D eigenvalue weighted by Gasteiger charge is -2.61. The molecule has 0 atom stereocenters. The number of benzene rings is 9. The number of rotatable bonds is 6. The van der Waals surface area contributed by atoms with Crippen LogP contribution in [0, 0.1) is 30.6 Å². The van der Waals surface area contributed by atoms with E-state index in [1.165, 1.54) is 115 Å². The van der Waals surface area contributed by atoms with Crippen LogP contribution in [0.4, 0.5) is 34.1 Å². The zero-order chi connectivity index (χ0) is 42.2. The van der Waals surface area contributed by atoms with Gasteiger partial charge in [0.2, 0.25) is 0 Å². The van der Waals surface area contributed by atoms with Gasteiger partial charge in [-0.1, -0.05) is 136 Å². The van der Waals surface area contributed by atoms with Gasteiger partial charge < -0.3 is 9.80 Å². The number of hydrogen-bond acceptors (Lipinski definition) is 2. The molecule has 2 nitrogen and oxygen atoms in total. The summed E-state index contributed by atoms with van der Waals surface area (Å²) in [6, 6.07) is 64.9. The fourth-order valence-corrected chi connectivity index (χ4v) is 13.8. The molecule has 0 aromatic heterocycles. The lowest BCUT2D eigenvalue weighted by molar-refractivity contribution is -0.0399. The molecule has 5 aliphatic carbocycles. The molecule has 0 unspecified atom stereocenters. The van der Waals surface area contributed by atoms with E-state index in [-0.39, 0.29) is 10.8 Å². The molecular formula is C61H54N2. The second-order valence-corrected chi connectivity index (χ2v) is 20.6. The summed E-state index contributed by atoms with van der Waals surface area (Å²) >= 11 is 0. The second kappa shape index (κ2) is 13.6. The van der Waals surface area contributed by atoms with Crippen molar-refractivity contribution in [2.45, 2.75) is 70.6 Å². The summed E-state index contributed by atoms with van der Waals surface area (Å²) in [5.74, 6) is 3.36. The van der Waals surface area contributed by atoms with Gasteiger partial charge in [0.05, 0.1) is 11.4 Å². The Hall–Kier alpha value is -6.38. The molecule has 9 aromatic carbocycles. The lowest BCUT2D eigenvalue weighted by atomic mass is 9.43. The lowest BCUT2D eigenvalue weighted by Crippen LogP contribution is -2.55. The van der Waals surface area contributed by atoms with Gasteiger partial charge in [-0.05, 0) is 178 Å². The molecule has 0 N–H and O–H groups in total. The highest BCUT2D eigenvalue weighted by Crippen LogP contribution is 2.69. The van der Waals surface area contributed by atoms with Gasteiger partial charge in [0.15, 0.2) is 0 Å². The minimum Gasteiger partial charge on any atom is -0.310 e. The molecule has 14 rings (SSSR count). The third kappa shape index (κ3) is 5.37. The van der Waals surface area contributed by atoms with Gasteiger partial charge in [-0.2, -0.15) is 0 Å². The molecular weight excluding hydrogens is 761 g/mol. The van der Waals surface area contributed by atoms with Crippen LogP contribution in [0.25, 0.3) is 43.4 Å². The Labute approximate surface area is 372 Å². The highest BCUT2D eigenvalue weighted by Gasteiger charge is 2.61. The normalized spacial score (nSPS) is 22.0. The molecule has 63 heavy (non-hydrogen) atoms. The summed E-state index contributed by atoms with van der Waals surface area (Å²) in [6.45, 7) is 9.16. The monoisotopic (exact) mass is 814 g/mol. The van der Waals surface area contributed by atoms with E-state index in [9.17, 15) is 0 Å². The summed E-state index contributed by atoms with van der Waals surface area (Å²) in [6.07, 6.45) is 7.06. The molecule has 1 spiro atoms. The molecule has 0 aliphatic heterocycles. The third-order valence-electron chi connectivity index (χ3n) is 16.2. The molecule has 4 fully saturated rings. The zero-order valence-electron chi connectivity index (χ0n) is 36.9. The molecule has 0 radical (unpaired) electrons. The number of para-hydroxylation sites is 2. The predicted octanol–water partition coefficient (Wildman–Crippen LogP) is 16.9. The number of nitrogens with zero attached hydrogens (tertiary/aromatic N) is 2. The predicted molar refractivity (Wildman–Crippen MR) is 266 cm³/mol. The second-order valence-electron chi connectivity index (χ2n) is 20.6. The Bertz CT molecular complexity index is 3220. The first-order chi connectivity index (χ1) is 30.8. The molecule has 0 saturated heterocycles. The van der Waals surface area contributed by atoms with Crippen LogP contribution in [0.2, 0.25) is 0 Å². The van der Waals surface area contributed by atoms with Crippen molar-refractivity contribution >= 4 is 66.4 Å². The molecule has 308 valence electrons. The van der Waals surface area contributed by atoms with Crippen molar-refractivity contribution < 1.29 is 0 Å². The molecule has 0 heterocycles. The average Bonchev–Trinajstić information content (AvgIpc) is 3.59. The Morgan fingerprint density at radius 1 is 0.444 bits per heavy atom. The average molecular weight is 815 g/mol. The van der Waals surface area contributed by atoms with Crippen molar-refractivity contribution in [3.05, 3.63) is 192 Å². The maximum absolute atomic E-state index is 2.57. The van der Waals surface area contributed by atoms with Crippen LogP contribution < -0.4 is 9.80 Å². The smallest absolute Gasteiger partial charge is 0.0540 e. The van der Waals surface area contributed by atoms with Crippen molar-refractivity contribution in [2.24, 2.45) is 23.7 Å². The standard InChI is InChI=1S/C61H54N2/c1-38-31-43(60(2,3)4)23-30-55(38)63(47-15-9-6-10-16-47)57-29-22-42-19-25-50-56(28-21-41-20-26-51(57)59(42)58(41)50)62(46-13-7-5-8-14-46)48-24-27-54-52(37-48)49-17-11-12-18-53(49)61(54)44-33-39-32-40(35-44)36-45(61)34-39/h5-31,37,39-40,44-45H,32-36H2,1-4H3. The van der Waals surface area contributed by atoms with Crippen LogP contribution in [0.5, 0.6) is 0 Å². The number of anilines is 6.